The van der Waals surface area contributed by atoms with Gasteiger partial charge in [-0.1, -0.05) is 13.3 Å². The van der Waals surface area contributed by atoms with Crippen molar-refractivity contribution in [2.75, 3.05) is 13.2 Å². The number of guanidine groups is 1. The summed E-state index contributed by atoms with van der Waals surface area (Å²) in [6.45, 7) is 7.30. The molecule has 0 radical (unpaired) electrons. The molecule has 0 saturated heterocycles. The number of hydrogen-bond acceptors (Lipinski definition) is 3. The summed E-state index contributed by atoms with van der Waals surface area (Å²) in [5, 5.41) is 10.2. The third-order valence-corrected chi connectivity index (χ3v) is 4.41. The van der Waals surface area contributed by atoms with Crippen LogP contribution in [-0.4, -0.2) is 34.1 Å². The first-order valence-corrected chi connectivity index (χ1v) is 7.10. The van der Waals surface area contributed by atoms with E-state index in [1.54, 1.807) is 0 Å². The number of hydrogen-bond donors (Lipinski definition) is 3. The minimum Gasteiger partial charge on any atom is -0.396 e. The highest BCUT2D eigenvalue weighted by Crippen LogP contribution is 2.04. The Kier molecular flexibility index (Phi) is 8.35. The molecular formula is C9H23N3O2Si. The topological polar surface area (TPSA) is 80.4 Å². The maximum atomic E-state index is 7.24. The summed E-state index contributed by atoms with van der Waals surface area (Å²) in [5.74, 6) is -0.00893. The van der Waals surface area contributed by atoms with Gasteiger partial charge < -0.3 is 19.9 Å². The van der Waals surface area contributed by atoms with Gasteiger partial charge in [-0.25, -0.2) is 0 Å². The molecule has 0 amide bonds. The van der Waals surface area contributed by atoms with Gasteiger partial charge in [0.05, 0.1) is 5.67 Å². The van der Waals surface area contributed by atoms with Crippen LogP contribution in [0.3, 0.4) is 0 Å². The fourth-order valence-corrected chi connectivity index (χ4v) is 3.54. The summed E-state index contributed by atoms with van der Waals surface area (Å²) < 4.78 is 11.2. The lowest BCUT2D eigenvalue weighted by atomic mass is 10.3. The van der Waals surface area contributed by atoms with E-state index in [-0.39, 0.29) is 11.6 Å². The molecule has 15 heavy (non-hydrogen) atoms. The molecule has 0 aromatic rings. The van der Waals surface area contributed by atoms with Crippen molar-refractivity contribution in [1.82, 2.24) is 5.32 Å². The van der Waals surface area contributed by atoms with E-state index in [2.05, 4.69) is 12.2 Å². The smallest absolute Gasteiger partial charge is 0.344 e. The summed E-state index contributed by atoms with van der Waals surface area (Å²) in [6.07, 6.45) is 1.95. The average molecular weight is 233 g/mol. The SMILES string of the molecule is CCCC(NC(=N)N)[SiH](OCC)OCC. The Labute approximate surface area is 93.7 Å². The van der Waals surface area contributed by atoms with Gasteiger partial charge in [-0.15, -0.1) is 0 Å². The second-order valence-electron chi connectivity index (χ2n) is 3.23. The van der Waals surface area contributed by atoms with E-state index in [0.717, 1.165) is 12.8 Å². The minimum atomic E-state index is -1.75. The van der Waals surface area contributed by atoms with Crippen LogP contribution in [0, 0.1) is 5.41 Å². The van der Waals surface area contributed by atoms with E-state index in [9.17, 15) is 0 Å². The largest absolute Gasteiger partial charge is 0.396 e. The molecule has 0 spiro atoms. The molecule has 6 heteroatoms. The summed E-state index contributed by atoms with van der Waals surface area (Å²) >= 11 is 0. The van der Waals surface area contributed by atoms with Crippen LogP contribution in [0.5, 0.6) is 0 Å². The molecule has 0 aromatic heterocycles. The molecule has 0 bridgehead atoms. The van der Waals surface area contributed by atoms with Gasteiger partial charge in [0, 0.05) is 13.2 Å². The Morgan fingerprint density at radius 3 is 2.20 bits per heavy atom. The molecule has 0 aromatic carbocycles. The molecule has 0 aliphatic heterocycles. The average Bonchev–Trinajstić information content (AvgIpc) is 2.16. The zero-order chi connectivity index (χ0) is 11.7. The van der Waals surface area contributed by atoms with E-state index < -0.39 is 9.28 Å². The predicted octanol–water partition coefficient (Wildman–Crippen LogP) is 0.471. The monoisotopic (exact) mass is 233 g/mol. The first-order chi connectivity index (χ1) is 7.15. The zero-order valence-corrected chi connectivity index (χ0v) is 11.0. The van der Waals surface area contributed by atoms with Crippen molar-refractivity contribution < 1.29 is 8.85 Å². The van der Waals surface area contributed by atoms with Crippen molar-refractivity contribution in [2.24, 2.45) is 5.73 Å². The van der Waals surface area contributed by atoms with Crippen LogP contribution in [0.15, 0.2) is 0 Å². The van der Waals surface area contributed by atoms with Gasteiger partial charge in [0.2, 0.25) is 0 Å². The lowest BCUT2D eigenvalue weighted by Gasteiger charge is -2.25. The van der Waals surface area contributed by atoms with E-state index >= 15 is 0 Å². The second-order valence-corrected chi connectivity index (χ2v) is 5.44. The summed E-state index contributed by atoms with van der Waals surface area (Å²) in [4.78, 5) is 0. The summed E-state index contributed by atoms with van der Waals surface area (Å²) in [6, 6.07) is 0. The molecule has 4 N–H and O–H groups in total. The Balaban J connectivity index is 4.28. The molecule has 0 aliphatic rings. The van der Waals surface area contributed by atoms with Gasteiger partial charge in [0.25, 0.3) is 0 Å². The van der Waals surface area contributed by atoms with E-state index in [1.165, 1.54) is 0 Å². The molecule has 0 heterocycles. The highest BCUT2D eigenvalue weighted by Gasteiger charge is 2.25. The van der Waals surface area contributed by atoms with Crippen LogP contribution in [0.1, 0.15) is 33.6 Å². The zero-order valence-electron chi connectivity index (χ0n) is 9.88. The Hall–Kier alpha value is -0.593. The van der Waals surface area contributed by atoms with Crippen LogP contribution in [0.4, 0.5) is 0 Å². The highest BCUT2D eigenvalue weighted by molar-refractivity contribution is 6.46. The molecule has 90 valence electrons. The van der Waals surface area contributed by atoms with Crippen molar-refractivity contribution >= 4 is 15.2 Å². The van der Waals surface area contributed by atoms with Crippen molar-refractivity contribution in [1.29, 1.82) is 5.41 Å². The van der Waals surface area contributed by atoms with Crippen LogP contribution in [0.25, 0.3) is 0 Å². The number of nitrogens with two attached hydrogens (primary N) is 1. The fraction of sp³-hybridized carbons (Fsp3) is 0.889. The van der Waals surface area contributed by atoms with Gasteiger partial charge in [-0.05, 0) is 20.3 Å². The van der Waals surface area contributed by atoms with Crippen molar-refractivity contribution in [3.63, 3.8) is 0 Å². The minimum absolute atomic E-state index is 0.00893. The second kappa shape index (κ2) is 8.69. The predicted molar refractivity (Wildman–Crippen MR) is 64.1 cm³/mol. The lowest BCUT2D eigenvalue weighted by Crippen LogP contribution is -2.51. The quantitative estimate of drug-likeness (QED) is 0.323. The van der Waals surface area contributed by atoms with Gasteiger partial charge in [-0.2, -0.15) is 0 Å². The molecule has 0 saturated carbocycles. The molecular weight excluding hydrogens is 210 g/mol. The maximum absolute atomic E-state index is 7.24. The van der Waals surface area contributed by atoms with Crippen LogP contribution < -0.4 is 11.1 Å². The van der Waals surface area contributed by atoms with Crippen molar-refractivity contribution in [3.8, 4) is 0 Å². The Bertz CT molecular complexity index is 175. The van der Waals surface area contributed by atoms with Gasteiger partial charge in [0.1, 0.15) is 0 Å². The lowest BCUT2D eigenvalue weighted by molar-refractivity contribution is 0.200. The third kappa shape index (κ3) is 6.48. The van der Waals surface area contributed by atoms with Crippen molar-refractivity contribution in [3.05, 3.63) is 0 Å². The van der Waals surface area contributed by atoms with Crippen LogP contribution in [-0.2, 0) is 8.85 Å². The normalized spacial score (nSPS) is 12.8. The summed E-state index contributed by atoms with van der Waals surface area (Å²) in [5.41, 5.74) is 5.43. The van der Waals surface area contributed by atoms with Gasteiger partial charge in [0.15, 0.2) is 5.96 Å². The number of nitrogens with one attached hydrogen (secondary N) is 2. The first kappa shape index (κ1) is 14.4. The molecule has 1 atom stereocenters. The molecule has 0 aliphatic carbocycles. The van der Waals surface area contributed by atoms with E-state index in [4.69, 9.17) is 20.0 Å². The van der Waals surface area contributed by atoms with Gasteiger partial charge in [-0.3, -0.25) is 5.41 Å². The third-order valence-electron chi connectivity index (χ3n) is 1.93. The van der Waals surface area contributed by atoms with Gasteiger partial charge >= 0.3 is 9.28 Å². The Morgan fingerprint density at radius 2 is 1.87 bits per heavy atom. The first-order valence-electron chi connectivity index (χ1n) is 5.49. The van der Waals surface area contributed by atoms with E-state index in [1.807, 2.05) is 13.8 Å². The van der Waals surface area contributed by atoms with Crippen molar-refractivity contribution in [2.45, 2.75) is 39.3 Å². The standard InChI is InChI=1S/C9H23N3O2Si/c1-4-7-8(12-9(10)11)15(13-5-2)14-6-3/h8,15H,4-7H2,1-3H3,(H4,10,11,12). The molecule has 5 nitrogen and oxygen atoms in total. The molecule has 1 unspecified atom stereocenters. The summed E-state index contributed by atoms with van der Waals surface area (Å²) in [7, 11) is -1.75. The maximum Gasteiger partial charge on any atom is 0.344 e. The van der Waals surface area contributed by atoms with E-state index in [0.29, 0.717) is 13.2 Å². The van der Waals surface area contributed by atoms with Crippen LogP contribution in [0.2, 0.25) is 0 Å². The Morgan fingerprint density at radius 1 is 1.33 bits per heavy atom. The highest BCUT2D eigenvalue weighted by atomic mass is 28.3. The molecule has 0 fully saturated rings. The number of rotatable bonds is 8. The molecule has 0 rings (SSSR count). The van der Waals surface area contributed by atoms with Crippen LogP contribution >= 0.6 is 0 Å². The fourth-order valence-electron chi connectivity index (χ4n) is 1.40.